The Bertz CT molecular complexity index is 1180. The van der Waals surface area contributed by atoms with Crippen LogP contribution in [0.4, 0.5) is 0 Å². The summed E-state index contributed by atoms with van der Waals surface area (Å²) in [5.74, 6) is -0.914. The molecule has 2 amide bonds. The van der Waals surface area contributed by atoms with Crippen molar-refractivity contribution in [1.29, 1.82) is 0 Å². The summed E-state index contributed by atoms with van der Waals surface area (Å²) in [7, 11) is 0. The average Bonchev–Trinajstić information content (AvgIpc) is 3.37. The number of amides is 2. The maximum atomic E-state index is 13.3. The molecule has 0 aromatic carbocycles. The molecule has 3 aromatic rings. The Morgan fingerprint density at radius 2 is 1.74 bits per heavy atom. The number of nitrogens with zero attached hydrogens (tertiary/aromatic N) is 2. The number of aromatic nitrogens is 2. The van der Waals surface area contributed by atoms with Crippen LogP contribution in [0.5, 0.6) is 0 Å². The van der Waals surface area contributed by atoms with Gasteiger partial charge >= 0.3 is 0 Å². The normalized spacial score (nSPS) is 15.6. The van der Waals surface area contributed by atoms with Gasteiger partial charge in [-0.15, -0.1) is 11.3 Å². The summed E-state index contributed by atoms with van der Waals surface area (Å²) < 4.78 is 1.70. The quantitative estimate of drug-likeness (QED) is 0.501. The maximum Gasteiger partial charge on any atom is 0.257 e. The lowest BCUT2D eigenvalue weighted by molar-refractivity contribution is 0.0928. The first-order valence-electron chi connectivity index (χ1n) is 12.3. The Hall–Kier alpha value is -3.26. The monoisotopic (exact) mass is 492 g/mol. The molecule has 1 fully saturated rings. The van der Waals surface area contributed by atoms with Gasteiger partial charge in [0, 0.05) is 29.5 Å². The Morgan fingerprint density at radius 1 is 1.03 bits per heavy atom. The number of pyridine rings is 2. The fraction of sp³-hybridized carbons (Fsp3) is 0.407. The van der Waals surface area contributed by atoms with Crippen LogP contribution in [0.2, 0.25) is 0 Å². The standard InChI is InChI=1S/C27H32N4O3S/c1-19(24-13-9-15-35-24)29-26(33)22-17-31(16-21-12-7-8-14-28-21)18-23(25(22)32)27(34)30-20-10-5-3-2-4-6-11-20/h7-9,12-15,17-20H,2-6,10-11,16H2,1H3,(H,29,33)(H,30,34). The van der Waals surface area contributed by atoms with E-state index in [1.54, 1.807) is 10.8 Å². The maximum absolute atomic E-state index is 13.3. The second kappa shape index (κ2) is 11.9. The third-order valence-corrected chi connectivity index (χ3v) is 7.45. The smallest absolute Gasteiger partial charge is 0.257 e. The van der Waals surface area contributed by atoms with Crippen molar-refractivity contribution >= 4 is 23.2 Å². The van der Waals surface area contributed by atoms with Gasteiger partial charge in [-0.3, -0.25) is 19.4 Å². The highest BCUT2D eigenvalue weighted by atomic mass is 32.1. The van der Waals surface area contributed by atoms with E-state index >= 15 is 0 Å². The first-order valence-corrected chi connectivity index (χ1v) is 13.2. The molecule has 7 nitrogen and oxygen atoms in total. The summed E-state index contributed by atoms with van der Waals surface area (Å²) in [6, 6.07) is 9.22. The zero-order valence-electron chi connectivity index (χ0n) is 20.0. The van der Waals surface area contributed by atoms with E-state index in [4.69, 9.17) is 0 Å². The number of carbonyl (C=O) groups is 2. The number of nitrogens with one attached hydrogen (secondary N) is 2. The van der Waals surface area contributed by atoms with Gasteiger partial charge in [0.05, 0.1) is 18.3 Å². The number of thiophene rings is 1. The van der Waals surface area contributed by atoms with Crippen LogP contribution in [0.3, 0.4) is 0 Å². The summed E-state index contributed by atoms with van der Waals surface area (Å²) in [5.41, 5.74) is 0.149. The first-order chi connectivity index (χ1) is 17.0. The van der Waals surface area contributed by atoms with Crippen molar-refractivity contribution in [3.63, 3.8) is 0 Å². The molecule has 3 heterocycles. The van der Waals surface area contributed by atoms with Crippen molar-refractivity contribution in [3.8, 4) is 0 Å². The van der Waals surface area contributed by atoms with Crippen LogP contribution in [0.25, 0.3) is 0 Å². The third kappa shape index (κ3) is 6.66. The van der Waals surface area contributed by atoms with E-state index in [0.29, 0.717) is 6.54 Å². The van der Waals surface area contributed by atoms with Crippen LogP contribution in [-0.4, -0.2) is 27.4 Å². The fourth-order valence-corrected chi connectivity index (χ4v) is 5.21. The molecule has 3 aromatic heterocycles. The molecule has 1 aliphatic rings. The minimum atomic E-state index is -0.554. The Balaban J connectivity index is 1.62. The van der Waals surface area contributed by atoms with E-state index in [-0.39, 0.29) is 23.2 Å². The van der Waals surface area contributed by atoms with Crippen molar-refractivity contribution < 1.29 is 9.59 Å². The number of hydrogen-bond acceptors (Lipinski definition) is 5. The minimum absolute atomic E-state index is 0.0144. The molecule has 0 saturated heterocycles. The van der Waals surface area contributed by atoms with E-state index in [9.17, 15) is 14.4 Å². The van der Waals surface area contributed by atoms with Gasteiger partial charge in [-0.25, -0.2) is 0 Å². The molecular formula is C27H32N4O3S. The zero-order valence-corrected chi connectivity index (χ0v) is 20.9. The Kier molecular flexibility index (Phi) is 8.47. The van der Waals surface area contributed by atoms with Gasteiger partial charge < -0.3 is 15.2 Å². The minimum Gasteiger partial charge on any atom is -0.349 e. The molecule has 0 radical (unpaired) electrons. The van der Waals surface area contributed by atoms with E-state index < -0.39 is 17.2 Å². The molecule has 2 N–H and O–H groups in total. The first kappa shape index (κ1) is 24.9. The summed E-state index contributed by atoms with van der Waals surface area (Å²) in [4.78, 5) is 45.1. The third-order valence-electron chi connectivity index (χ3n) is 6.40. The van der Waals surface area contributed by atoms with Gasteiger partial charge in [0.15, 0.2) is 0 Å². The molecule has 0 bridgehead atoms. The van der Waals surface area contributed by atoms with Crippen molar-refractivity contribution in [2.45, 2.75) is 70.5 Å². The second-order valence-corrected chi connectivity index (χ2v) is 10.1. The summed E-state index contributed by atoms with van der Waals surface area (Å²) in [6.45, 7) is 2.22. The topological polar surface area (TPSA) is 93.1 Å². The molecule has 0 aliphatic heterocycles. The Labute approximate surface area is 209 Å². The molecule has 4 rings (SSSR count). The van der Waals surface area contributed by atoms with Gasteiger partial charge in [-0.1, -0.05) is 44.2 Å². The molecule has 1 aliphatic carbocycles. The van der Waals surface area contributed by atoms with Crippen LogP contribution in [0.15, 0.2) is 59.1 Å². The van der Waals surface area contributed by atoms with Crippen LogP contribution >= 0.6 is 11.3 Å². The van der Waals surface area contributed by atoms with Gasteiger partial charge in [-0.2, -0.15) is 0 Å². The molecule has 0 spiro atoms. The predicted molar refractivity (Wildman–Crippen MR) is 138 cm³/mol. The highest BCUT2D eigenvalue weighted by molar-refractivity contribution is 7.10. The van der Waals surface area contributed by atoms with Crippen LogP contribution in [0, 0.1) is 0 Å². The van der Waals surface area contributed by atoms with Crippen LogP contribution < -0.4 is 16.1 Å². The Morgan fingerprint density at radius 3 is 2.40 bits per heavy atom. The van der Waals surface area contributed by atoms with Gasteiger partial charge in [0.2, 0.25) is 5.43 Å². The van der Waals surface area contributed by atoms with E-state index in [2.05, 4.69) is 15.6 Å². The number of carbonyl (C=O) groups excluding carboxylic acids is 2. The van der Waals surface area contributed by atoms with Gasteiger partial charge in [0.25, 0.3) is 11.8 Å². The lowest BCUT2D eigenvalue weighted by Gasteiger charge is -2.21. The number of rotatable bonds is 7. The SMILES string of the molecule is CC(NC(=O)c1cn(Cc2ccccn2)cc(C(=O)NC2CCCCCCC2)c1=O)c1cccs1. The van der Waals surface area contributed by atoms with Crippen LogP contribution in [-0.2, 0) is 6.54 Å². The number of hydrogen-bond donors (Lipinski definition) is 2. The van der Waals surface area contributed by atoms with Crippen molar-refractivity contribution in [2.24, 2.45) is 0 Å². The lowest BCUT2D eigenvalue weighted by Crippen LogP contribution is -2.40. The van der Waals surface area contributed by atoms with E-state index in [1.165, 1.54) is 43.0 Å². The van der Waals surface area contributed by atoms with E-state index in [1.807, 2.05) is 42.6 Å². The molecule has 184 valence electrons. The second-order valence-electron chi connectivity index (χ2n) is 9.13. The largest absolute Gasteiger partial charge is 0.349 e. The van der Waals surface area contributed by atoms with Gasteiger partial charge in [-0.05, 0) is 43.3 Å². The summed E-state index contributed by atoms with van der Waals surface area (Å²) in [6.07, 6.45) is 12.3. The summed E-state index contributed by atoms with van der Waals surface area (Å²) >= 11 is 1.54. The molecular weight excluding hydrogens is 460 g/mol. The highest BCUT2D eigenvalue weighted by Crippen LogP contribution is 2.19. The zero-order chi connectivity index (χ0) is 24.6. The highest BCUT2D eigenvalue weighted by Gasteiger charge is 2.23. The fourth-order valence-electron chi connectivity index (χ4n) is 4.47. The van der Waals surface area contributed by atoms with Crippen molar-refractivity contribution in [1.82, 2.24) is 20.2 Å². The molecule has 1 saturated carbocycles. The summed E-state index contributed by atoms with van der Waals surface area (Å²) in [5, 5.41) is 7.91. The average molecular weight is 493 g/mol. The van der Waals surface area contributed by atoms with Crippen molar-refractivity contribution in [2.75, 3.05) is 0 Å². The molecule has 8 heteroatoms. The molecule has 1 atom stereocenters. The van der Waals surface area contributed by atoms with E-state index in [0.717, 1.165) is 36.3 Å². The van der Waals surface area contributed by atoms with Gasteiger partial charge in [0.1, 0.15) is 11.1 Å². The predicted octanol–water partition coefficient (Wildman–Crippen LogP) is 4.69. The van der Waals surface area contributed by atoms with Crippen LogP contribution in [0.1, 0.15) is 89.2 Å². The van der Waals surface area contributed by atoms with Crippen molar-refractivity contribution in [3.05, 3.63) is 86.2 Å². The molecule has 35 heavy (non-hydrogen) atoms. The molecule has 1 unspecified atom stereocenters. The lowest BCUT2D eigenvalue weighted by atomic mass is 9.96.